The van der Waals surface area contributed by atoms with Gasteiger partial charge in [0.25, 0.3) is 5.56 Å². The van der Waals surface area contributed by atoms with Gasteiger partial charge in [0.1, 0.15) is 6.04 Å². The van der Waals surface area contributed by atoms with Gasteiger partial charge in [0.2, 0.25) is 5.91 Å². The summed E-state index contributed by atoms with van der Waals surface area (Å²) in [4.78, 5) is 27.4. The van der Waals surface area contributed by atoms with Gasteiger partial charge in [-0.25, -0.2) is 9.36 Å². The van der Waals surface area contributed by atoms with Gasteiger partial charge in [-0.1, -0.05) is 0 Å². The molecule has 0 aliphatic rings. The standard InChI is InChI=1S/C22H28N6O2/c1-6-26(7-2)19-10-8-18(9-11-19)23-22(30)17(5)28-21(29)13-12-20(25-28)27-16(4)14-15(3)24-27/h8-14,17H,6-7H2,1-5H3,(H,23,30). The molecule has 1 atom stereocenters. The number of carbonyl (C=O) groups is 1. The number of rotatable bonds is 7. The zero-order valence-corrected chi connectivity index (χ0v) is 18.1. The number of nitrogens with zero attached hydrogens (tertiary/aromatic N) is 5. The Morgan fingerprint density at radius 3 is 2.30 bits per heavy atom. The summed E-state index contributed by atoms with van der Waals surface area (Å²) in [5.41, 5.74) is 3.17. The SMILES string of the molecule is CCN(CC)c1ccc(NC(=O)C(C)n2nc(-n3nc(C)cc3C)ccc2=O)cc1. The van der Waals surface area contributed by atoms with E-state index in [1.54, 1.807) is 17.7 Å². The fourth-order valence-electron chi connectivity index (χ4n) is 3.37. The first kappa shape index (κ1) is 21.3. The van der Waals surface area contributed by atoms with E-state index in [9.17, 15) is 9.59 Å². The Bertz CT molecular complexity index is 1080. The minimum absolute atomic E-state index is 0.314. The lowest BCUT2D eigenvalue weighted by Gasteiger charge is -2.21. The Hall–Kier alpha value is -3.42. The largest absolute Gasteiger partial charge is 0.372 e. The maximum absolute atomic E-state index is 12.8. The van der Waals surface area contributed by atoms with Crippen LogP contribution in [-0.4, -0.2) is 38.6 Å². The lowest BCUT2D eigenvalue weighted by molar-refractivity contribution is -0.119. The molecular formula is C22H28N6O2. The molecule has 3 rings (SSSR count). The van der Waals surface area contributed by atoms with Crippen LogP contribution in [0.25, 0.3) is 5.82 Å². The molecule has 0 radical (unpaired) electrons. The second kappa shape index (κ2) is 8.94. The molecule has 0 spiro atoms. The average molecular weight is 409 g/mol. The highest BCUT2D eigenvalue weighted by atomic mass is 16.2. The third-order valence-electron chi connectivity index (χ3n) is 5.05. The van der Waals surface area contributed by atoms with Crippen LogP contribution in [0.2, 0.25) is 0 Å². The summed E-state index contributed by atoms with van der Waals surface area (Å²) in [6.07, 6.45) is 0. The molecule has 1 amide bonds. The fourth-order valence-corrected chi connectivity index (χ4v) is 3.37. The van der Waals surface area contributed by atoms with Crippen LogP contribution in [0.4, 0.5) is 11.4 Å². The quantitative estimate of drug-likeness (QED) is 0.649. The van der Waals surface area contributed by atoms with Gasteiger partial charge in [-0.2, -0.15) is 5.10 Å². The molecule has 158 valence electrons. The first-order valence-corrected chi connectivity index (χ1v) is 10.1. The van der Waals surface area contributed by atoms with Crippen molar-refractivity contribution in [1.82, 2.24) is 19.6 Å². The third kappa shape index (κ3) is 4.42. The predicted octanol–water partition coefficient (Wildman–Crippen LogP) is 3.09. The molecule has 0 saturated heterocycles. The van der Waals surface area contributed by atoms with Crippen molar-refractivity contribution in [3.8, 4) is 5.82 Å². The number of amides is 1. The lowest BCUT2D eigenvalue weighted by atomic mass is 10.2. The van der Waals surface area contributed by atoms with Crippen LogP contribution in [-0.2, 0) is 4.79 Å². The monoisotopic (exact) mass is 408 g/mol. The first-order valence-electron chi connectivity index (χ1n) is 10.1. The summed E-state index contributed by atoms with van der Waals surface area (Å²) in [6, 6.07) is 11.8. The smallest absolute Gasteiger partial charge is 0.267 e. The van der Waals surface area contributed by atoms with Crippen molar-refractivity contribution in [3.05, 3.63) is 64.2 Å². The lowest BCUT2D eigenvalue weighted by Crippen LogP contribution is -2.33. The summed E-state index contributed by atoms with van der Waals surface area (Å²) >= 11 is 0. The zero-order chi connectivity index (χ0) is 21.8. The average Bonchev–Trinajstić information content (AvgIpc) is 3.08. The van der Waals surface area contributed by atoms with Crippen LogP contribution in [0.1, 0.15) is 38.2 Å². The minimum Gasteiger partial charge on any atom is -0.372 e. The number of benzene rings is 1. The van der Waals surface area contributed by atoms with Crippen molar-refractivity contribution in [2.45, 2.75) is 40.7 Å². The molecule has 0 bridgehead atoms. The van der Waals surface area contributed by atoms with E-state index in [2.05, 4.69) is 34.3 Å². The van der Waals surface area contributed by atoms with Gasteiger partial charge < -0.3 is 10.2 Å². The van der Waals surface area contributed by atoms with E-state index < -0.39 is 6.04 Å². The van der Waals surface area contributed by atoms with Crippen LogP contribution in [0.5, 0.6) is 0 Å². The van der Waals surface area contributed by atoms with Crippen LogP contribution < -0.4 is 15.8 Å². The van der Waals surface area contributed by atoms with E-state index in [-0.39, 0.29) is 11.5 Å². The van der Waals surface area contributed by atoms with Crippen LogP contribution in [0.15, 0.2) is 47.3 Å². The molecule has 0 fully saturated rings. The number of carbonyl (C=O) groups excluding carboxylic acids is 1. The van der Waals surface area contributed by atoms with Crippen molar-refractivity contribution >= 4 is 17.3 Å². The third-order valence-corrected chi connectivity index (χ3v) is 5.05. The molecular weight excluding hydrogens is 380 g/mol. The molecule has 0 aliphatic carbocycles. The molecule has 0 aliphatic heterocycles. The topological polar surface area (TPSA) is 85.1 Å². The van der Waals surface area contributed by atoms with Crippen molar-refractivity contribution in [2.75, 3.05) is 23.3 Å². The van der Waals surface area contributed by atoms with Gasteiger partial charge in [0.05, 0.1) is 5.69 Å². The van der Waals surface area contributed by atoms with E-state index in [1.807, 2.05) is 44.2 Å². The Kier molecular flexibility index (Phi) is 6.34. The summed E-state index contributed by atoms with van der Waals surface area (Å²) in [5.74, 6) is 0.175. The zero-order valence-electron chi connectivity index (χ0n) is 18.1. The Balaban J connectivity index is 1.80. The van der Waals surface area contributed by atoms with E-state index >= 15 is 0 Å². The number of aryl methyl sites for hydroxylation is 2. The van der Waals surface area contributed by atoms with Gasteiger partial charge in [0, 0.05) is 36.2 Å². The summed E-state index contributed by atoms with van der Waals surface area (Å²) in [6.45, 7) is 11.5. The van der Waals surface area contributed by atoms with Crippen LogP contribution in [0, 0.1) is 13.8 Å². The number of nitrogens with one attached hydrogen (secondary N) is 1. The molecule has 2 heterocycles. The van der Waals surface area contributed by atoms with Crippen molar-refractivity contribution < 1.29 is 4.79 Å². The van der Waals surface area contributed by atoms with E-state index in [4.69, 9.17) is 0 Å². The fraction of sp³-hybridized carbons (Fsp3) is 0.364. The second-order valence-electron chi connectivity index (χ2n) is 7.20. The summed E-state index contributed by atoms with van der Waals surface area (Å²) in [5, 5.41) is 11.6. The molecule has 1 aromatic carbocycles. The van der Waals surface area contributed by atoms with Crippen molar-refractivity contribution in [3.63, 3.8) is 0 Å². The van der Waals surface area contributed by atoms with Gasteiger partial charge in [-0.3, -0.25) is 9.59 Å². The van der Waals surface area contributed by atoms with E-state index in [0.717, 1.165) is 30.2 Å². The molecule has 1 unspecified atom stereocenters. The maximum atomic E-state index is 12.8. The first-order chi connectivity index (χ1) is 14.3. The molecule has 3 aromatic rings. The Labute approximate surface area is 176 Å². The molecule has 8 heteroatoms. The van der Waals surface area contributed by atoms with Gasteiger partial charge >= 0.3 is 0 Å². The normalized spacial score (nSPS) is 11.9. The highest BCUT2D eigenvalue weighted by molar-refractivity contribution is 5.93. The molecule has 2 aromatic heterocycles. The summed E-state index contributed by atoms with van der Waals surface area (Å²) < 4.78 is 2.84. The van der Waals surface area contributed by atoms with Crippen LogP contribution >= 0.6 is 0 Å². The van der Waals surface area contributed by atoms with Gasteiger partial charge in [-0.05, 0) is 71.0 Å². The van der Waals surface area contributed by atoms with Gasteiger partial charge in [-0.15, -0.1) is 5.10 Å². The summed E-state index contributed by atoms with van der Waals surface area (Å²) in [7, 11) is 0. The molecule has 1 N–H and O–H groups in total. The Morgan fingerprint density at radius 2 is 1.73 bits per heavy atom. The Morgan fingerprint density at radius 1 is 1.07 bits per heavy atom. The number of hydrogen-bond donors (Lipinski definition) is 1. The van der Waals surface area contributed by atoms with Crippen LogP contribution in [0.3, 0.4) is 0 Å². The highest BCUT2D eigenvalue weighted by Gasteiger charge is 2.19. The molecule has 8 nitrogen and oxygen atoms in total. The number of aromatic nitrogens is 4. The number of anilines is 2. The molecule has 30 heavy (non-hydrogen) atoms. The second-order valence-corrected chi connectivity index (χ2v) is 7.20. The maximum Gasteiger partial charge on any atom is 0.267 e. The minimum atomic E-state index is -0.781. The van der Waals surface area contributed by atoms with Crippen molar-refractivity contribution in [2.24, 2.45) is 0 Å². The predicted molar refractivity (Wildman–Crippen MR) is 118 cm³/mol. The molecule has 0 saturated carbocycles. The van der Waals surface area contributed by atoms with E-state index in [0.29, 0.717) is 11.5 Å². The van der Waals surface area contributed by atoms with Gasteiger partial charge in [0.15, 0.2) is 5.82 Å². The number of hydrogen-bond acceptors (Lipinski definition) is 5. The van der Waals surface area contributed by atoms with Crippen molar-refractivity contribution in [1.29, 1.82) is 0 Å². The van der Waals surface area contributed by atoms with E-state index in [1.165, 1.54) is 10.7 Å². The highest BCUT2D eigenvalue weighted by Crippen LogP contribution is 2.19.